The molecule has 0 unspecified atom stereocenters. The number of carbonyl (C=O) groups is 1. The first-order valence-electron chi connectivity index (χ1n) is 3.69. The van der Waals surface area contributed by atoms with Crippen LogP contribution in [0.1, 0.15) is 22.5 Å². The molecule has 1 aromatic heterocycles. The topological polar surface area (TPSA) is 39.2 Å². The van der Waals surface area contributed by atoms with E-state index in [2.05, 4.69) is 4.98 Å². The number of rotatable bonds is 3. The number of carbonyl (C=O) groups excluding carboxylic acids is 1. The third-order valence-corrected chi connectivity index (χ3v) is 2.35. The molecule has 0 bridgehead atoms. The summed E-state index contributed by atoms with van der Waals surface area (Å²) in [5, 5.41) is -0.853. The molecule has 0 aromatic carbocycles. The number of halogens is 4. The molecule has 0 amide bonds. The molecule has 1 aromatic rings. The number of ether oxygens (including phenoxy) is 1. The molecule has 0 radical (unpaired) electrons. The SMILES string of the molecule is COc1c(C(=O)Cl)cc(I)nc1C(F)F. The highest BCUT2D eigenvalue weighted by Gasteiger charge is 2.22. The van der Waals surface area contributed by atoms with E-state index in [1.165, 1.54) is 13.2 Å². The number of alkyl halides is 2. The standard InChI is InChI=1S/C8H5ClF2INO2/c1-15-6-3(7(9)14)2-4(12)13-5(6)8(10)11/h2,8H,1H3. The first-order valence-corrected chi connectivity index (χ1v) is 5.15. The molecule has 3 nitrogen and oxygen atoms in total. The molecule has 0 atom stereocenters. The molecule has 1 rings (SSSR count). The minimum Gasteiger partial charge on any atom is -0.494 e. The molecule has 15 heavy (non-hydrogen) atoms. The van der Waals surface area contributed by atoms with Crippen molar-refractivity contribution in [3.05, 3.63) is 21.0 Å². The van der Waals surface area contributed by atoms with Gasteiger partial charge in [0.1, 0.15) is 3.70 Å². The van der Waals surface area contributed by atoms with Crippen molar-refractivity contribution in [1.82, 2.24) is 4.98 Å². The van der Waals surface area contributed by atoms with Gasteiger partial charge in [0.05, 0.1) is 12.7 Å². The number of hydrogen-bond acceptors (Lipinski definition) is 3. The predicted molar refractivity (Wildman–Crippen MR) is 58.6 cm³/mol. The van der Waals surface area contributed by atoms with E-state index in [9.17, 15) is 13.6 Å². The molecule has 0 aliphatic carbocycles. The van der Waals surface area contributed by atoms with Crippen LogP contribution >= 0.6 is 34.2 Å². The van der Waals surface area contributed by atoms with Gasteiger partial charge >= 0.3 is 0 Å². The maximum absolute atomic E-state index is 12.5. The Balaban J connectivity index is 3.45. The Bertz CT molecular complexity index is 400. The van der Waals surface area contributed by atoms with Crippen LogP contribution in [0.2, 0.25) is 0 Å². The largest absolute Gasteiger partial charge is 0.494 e. The first-order chi connectivity index (χ1) is 6.97. The molecular formula is C8H5ClF2INO2. The predicted octanol–water partition coefficient (Wildman–Crippen LogP) is 3.01. The highest BCUT2D eigenvalue weighted by molar-refractivity contribution is 14.1. The summed E-state index contributed by atoms with van der Waals surface area (Å²) in [6.07, 6.45) is -2.82. The quantitative estimate of drug-likeness (QED) is 0.479. The minimum atomic E-state index is -2.82. The molecule has 0 fully saturated rings. The Morgan fingerprint density at radius 1 is 1.67 bits per heavy atom. The van der Waals surface area contributed by atoms with Crippen LogP contribution in [0.25, 0.3) is 0 Å². The zero-order chi connectivity index (χ0) is 11.6. The Kier molecular flexibility index (Phi) is 4.21. The Hall–Kier alpha value is -0.500. The lowest BCUT2D eigenvalue weighted by molar-refractivity contribution is 0.107. The number of methoxy groups -OCH3 is 1. The van der Waals surface area contributed by atoms with Gasteiger partial charge in [-0.15, -0.1) is 0 Å². The van der Waals surface area contributed by atoms with E-state index in [1.54, 1.807) is 22.6 Å². The van der Waals surface area contributed by atoms with Crippen LogP contribution in [-0.2, 0) is 0 Å². The van der Waals surface area contributed by atoms with Gasteiger partial charge in [0, 0.05) is 0 Å². The van der Waals surface area contributed by atoms with Crippen LogP contribution in [0.15, 0.2) is 6.07 Å². The summed E-state index contributed by atoms with van der Waals surface area (Å²) in [5.74, 6) is -0.273. The molecular weight excluding hydrogens is 342 g/mol. The van der Waals surface area contributed by atoms with Crippen LogP contribution in [0.5, 0.6) is 5.75 Å². The van der Waals surface area contributed by atoms with Crippen molar-refractivity contribution >= 4 is 39.4 Å². The lowest BCUT2D eigenvalue weighted by Crippen LogP contribution is -2.04. The van der Waals surface area contributed by atoms with Gasteiger partial charge in [0.15, 0.2) is 11.4 Å². The lowest BCUT2D eigenvalue weighted by Gasteiger charge is -2.10. The summed E-state index contributed by atoms with van der Waals surface area (Å²) in [6.45, 7) is 0. The summed E-state index contributed by atoms with van der Waals surface area (Å²) in [6, 6.07) is 1.29. The maximum Gasteiger partial charge on any atom is 0.284 e. The maximum atomic E-state index is 12.5. The van der Waals surface area contributed by atoms with Gasteiger partial charge < -0.3 is 4.74 Å². The molecule has 1 heterocycles. The van der Waals surface area contributed by atoms with Crippen molar-refractivity contribution in [2.24, 2.45) is 0 Å². The van der Waals surface area contributed by atoms with Crippen LogP contribution in [0.4, 0.5) is 8.78 Å². The lowest BCUT2D eigenvalue weighted by atomic mass is 10.2. The third-order valence-electron chi connectivity index (χ3n) is 1.59. The fourth-order valence-corrected chi connectivity index (χ4v) is 1.74. The summed E-state index contributed by atoms with van der Waals surface area (Å²) >= 11 is 6.96. The second kappa shape index (κ2) is 5.02. The van der Waals surface area contributed by atoms with Crippen molar-refractivity contribution in [1.29, 1.82) is 0 Å². The molecule has 0 spiro atoms. The molecule has 0 saturated carbocycles. The highest BCUT2D eigenvalue weighted by atomic mass is 127. The van der Waals surface area contributed by atoms with Gasteiger partial charge in [-0.3, -0.25) is 4.79 Å². The molecule has 82 valence electrons. The van der Waals surface area contributed by atoms with Gasteiger partial charge in [-0.1, -0.05) is 0 Å². The zero-order valence-corrected chi connectivity index (χ0v) is 10.3. The van der Waals surface area contributed by atoms with Crippen molar-refractivity contribution in [2.75, 3.05) is 7.11 Å². The fraction of sp³-hybridized carbons (Fsp3) is 0.250. The average Bonchev–Trinajstić information content (AvgIpc) is 2.16. The second-order valence-corrected chi connectivity index (χ2v) is 3.93. The summed E-state index contributed by atoms with van der Waals surface area (Å²) in [7, 11) is 1.18. The molecule has 0 saturated heterocycles. The van der Waals surface area contributed by atoms with E-state index < -0.39 is 17.4 Å². The Morgan fingerprint density at radius 2 is 2.27 bits per heavy atom. The molecule has 0 aliphatic rings. The van der Waals surface area contributed by atoms with Crippen LogP contribution in [0.3, 0.4) is 0 Å². The molecule has 7 heteroatoms. The van der Waals surface area contributed by atoms with Crippen LogP contribution in [0, 0.1) is 3.70 Å². The third kappa shape index (κ3) is 2.75. The molecule has 0 N–H and O–H groups in total. The second-order valence-electron chi connectivity index (χ2n) is 2.49. The zero-order valence-electron chi connectivity index (χ0n) is 7.43. The van der Waals surface area contributed by atoms with E-state index in [1.807, 2.05) is 0 Å². The smallest absolute Gasteiger partial charge is 0.284 e. The van der Waals surface area contributed by atoms with E-state index in [-0.39, 0.29) is 15.0 Å². The number of pyridine rings is 1. The van der Waals surface area contributed by atoms with E-state index in [0.717, 1.165) is 0 Å². The van der Waals surface area contributed by atoms with Crippen LogP contribution in [-0.4, -0.2) is 17.3 Å². The first kappa shape index (κ1) is 12.6. The van der Waals surface area contributed by atoms with Gasteiger partial charge in [0.2, 0.25) is 0 Å². The van der Waals surface area contributed by atoms with Gasteiger partial charge in [-0.2, -0.15) is 0 Å². The average molecular weight is 347 g/mol. The van der Waals surface area contributed by atoms with Gasteiger partial charge in [-0.25, -0.2) is 13.8 Å². The normalized spacial score (nSPS) is 10.5. The van der Waals surface area contributed by atoms with Crippen molar-refractivity contribution in [3.8, 4) is 5.75 Å². The van der Waals surface area contributed by atoms with E-state index in [0.29, 0.717) is 0 Å². The van der Waals surface area contributed by atoms with Crippen molar-refractivity contribution in [3.63, 3.8) is 0 Å². The van der Waals surface area contributed by atoms with Gasteiger partial charge in [0.25, 0.3) is 11.7 Å². The highest BCUT2D eigenvalue weighted by Crippen LogP contribution is 2.32. The monoisotopic (exact) mass is 347 g/mol. The fourth-order valence-electron chi connectivity index (χ4n) is 1.03. The summed E-state index contributed by atoms with van der Waals surface area (Å²) in [5.41, 5.74) is -0.678. The number of nitrogens with zero attached hydrogens (tertiary/aromatic N) is 1. The van der Waals surface area contributed by atoms with Crippen molar-refractivity contribution < 1.29 is 18.3 Å². The Labute approximate surface area is 103 Å². The Morgan fingerprint density at radius 3 is 2.67 bits per heavy atom. The van der Waals surface area contributed by atoms with E-state index in [4.69, 9.17) is 16.3 Å². The van der Waals surface area contributed by atoms with Gasteiger partial charge in [-0.05, 0) is 40.3 Å². The van der Waals surface area contributed by atoms with Crippen molar-refractivity contribution in [2.45, 2.75) is 6.43 Å². The summed E-state index contributed by atoms with van der Waals surface area (Å²) in [4.78, 5) is 14.5. The number of hydrogen-bond donors (Lipinski definition) is 0. The van der Waals surface area contributed by atoms with E-state index >= 15 is 0 Å². The molecule has 0 aliphatic heterocycles. The summed E-state index contributed by atoms with van der Waals surface area (Å²) < 4.78 is 30.0. The minimum absolute atomic E-state index is 0.103. The van der Waals surface area contributed by atoms with Crippen LogP contribution < -0.4 is 4.74 Å². The number of aromatic nitrogens is 1.